The third-order valence-electron chi connectivity index (χ3n) is 4.11. The second kappa shape index (κ2) is 9.21. The summed E-state index contributed by atoms with van der Waals surface area (Å²) in [6.45, 7) is 6.24. The van der Waals surface area contributed by atoms with E-state index in [1.165, 1.54) is 41.1 Å². The van der Waals surface area contributed by atoms with Crippen molar-refractivity contribution in [1.29, 1.82) is 0 Å². The van der Waals surface area contributed by atoms with Crippen molar-refractivity contribution in [3.05, 3.63) is 63.6 Å². The van der Waals surface area contributed by atoms with Gasteiger partial charge in [0, 0.05) is 36.4 Å². The van der Waals surface area contributed by atoms with E-state index in [2.05, 4.69) is 42.3 Å². The van der Waals surface area contributed by atoms with Crippen LogP contribution in [0, 0.1) is 13.8 Å². The van der Waals surface area contributed by atoms with Crippen LogP contribution in [0.25, 0.3) is 5.69 Å². The van der Waals surface area contributed by atoms with Crippen LogP contribution in [-0.4, -0.2) is 33.5 Å². The maximum atomic E-state index is 12.6. The zero-order valence-corrected chi connectivity index (χ0v) is 17.8. The van der Waals surface area contributed by atoms with E-state index in [1.54, 1.807) is 6.20 Å². The molecule has 2 heterocycles. The first-order valence-corrected chi connectivity index (χ1v) is 10.8. The van der Waals surface area contributed by atoms with Crippen molar-refractivity contribution in [1.82, 2.24) is 14.9 Å². The molecule has 3 rings (SSSR count). The summed E-state index contributed by atoms with van der Waals surface area (Å²) in [6.07, 6.45) is 4.42. The topological polar surface area (TPSA) is 64.0 Å². The quantitative estimate of drug-likeness (QED) is 0.444. The van der Waals surface area contributed by atoms with Gasteiger partial charge < -0.3 is 5.32 Å². The zero-order valence-electron chi connectivity index (χ0n) is 16.2. The summed E-state index contributed by atoms with van der Waals surface area (Å²) in [5, 5.41) is 3.58. The Hall–Kier alpha value is -2.38. The van der Waals surface area contributed by atoms with E-state index < -0.39 is 0 Å². The van der Waals surface area contributed by atoms with Crippen LogP contribution in [0.15, 0.2) is 47.9 Å². The van der Waals surface area contributed by atoms with E-state index in [9.17, 15) is 9.59 Å². The molecule has 1 N–H and O–H groups in total. The van der Waals surface area contributed by atoms with E-state index in [1.807, 2.05) is 22.9 Å². The zero-order chi connectivity index (χ0) is 20.1. The molecule has 0 aliphatic heterocycles. The first-order valence-electron chi connectivity index (χ1n) is 9.03. The number of nitrogens with zero attached hydrogens (tertiary/aromatic N) is 2. The fourth-order valence-electron chi connectivity index (χ4n) is 2.91. The number of Topliss-reactive ketones (excluding diaryl/α,β-unsaturated/α-hetero) is 1. The molecule has 7 heteroatoms. The molecule has 1 aromatic carbocycles. The number of carbonyl (C=O) groups excluding carboxylic acids is 2. The third-order valence-corrected chi connectivity index (χ3v) is 6.26. The molecule has 2 aromatic heterocycles. The van der Waals surface area contributed by atoms with Gasteiger partial charge in [0.1, 0.15) is 0 Å². The molecule has 28 heavy (non-hydrogen) atoms. The molecule has 0 spiro atoms. The molecule has 0 unspecified atom stereocenters. The standard InChI is InChI=1S/C21H23N3O2S2/c1-14-10-15(2)12-17(11-14)24-9-8-23-21(24)27-13-19(26)20-5-4-18(28-20)6-7-22-16(3)25/h4-5,8-12H,6-7,13H2,1-3H3,(H,22,25). The number of rotatable bonds is 8. The fourth-order valence-corrected chi connectivity index (χ4v) is 4.80. The van der Waals surface area contributed by atoms with Crippen LogP contribution in [0.3, 0.4) is 0 Å². The molecule has 0 saturated heterocycles. The van der Waals surface area contributed by atoms with E-state index >= 15 is 0 Å². The molecule has 0 bridgehead atoms. The van der Waals surface area contributed by atoms with Gasteiger partial charge in [-0.2, -0.15) is 0 Å². The van der Waals surface area contributed by atoms with Crippen molar-refractivity contribution in [3.63, 3.8) is 0 Å². The predicted octanol–water partition coefficient (Wildman–Crippen LogP) is 4.20. The van der Waals surface area contributed by atoms with Crippen molar-refractivity contribution in [2.45, 2.75) is 32.3 Å². The Bertz CT molecular complexity index is 971. The minimum absolute atomic E-state index is 0.0384. The second-order valence-corrected chi connectivity index (χ2v) is 8.75. The minimum Gasteiger partial charge on any atom is -0.356 e. The average Bonchev–Trinajstić information content (AvgIpc) is 3.28. The largest absolute Gasteiger partial charge is 0.356 e. The number of hydrogen-bond acceptors (Lipinski definition) is 5. The lowest BCUT2D eigenvalue weighted by atomic mass is 10.1. The maximum absolute atomic E-state index is 12.6. The molecular weight excluding hydrogens is 390 g/mol. The molecule has 3 aromatic rings. The van der Waals surface area contributed by atoms with Gasteiger partial charge in [0.05, 0.1) is 10.6 Å². The van der Waals surface area contributed by atoms with Crippen LogP contribution in [0.2, 0.25) is 0 Å². The van der Waals surface area contributed by atoms with Gasteiger partial charge in [-0.05, 0) is 55.7 Å². The summed E-state index contributed by atoms with van der Waals surface area (Å²) >= 11 is 2.94. The van der Waals surface area contributed by atoms with Crippen molar-refractivity contribution in [2.24, 2.45) is 0 Å². The van der Waals surface area contributed by atoms with Gasteiger partial charge in [0.2, 0.25) is 5.91 Å². The van der Waals surface area contributed by atoms with Gasteiger partial charge in [-0.15, -0.1) is 11.3 Å². The Labute approximate surface area is 173 Å². The number of ketones is 1. The number of nitrogens with one attached hydrogen (secondary N) is 1. The molecule has 146 valence electrons. The normalized spacial score (nSPS) is 10.8. The van der Waals surface area contributed by atoms with Gasteiger partial charge in [-0.3, -0.25) is 14.2 Å². The van der Waals surface area contributed by atoms with E-state index in [0.29, 0.717) is 12.3 Å². The lowest BCUT2D eigenvalue weighted by Gasteiger charge is -2.09. The Morgan fingerprint density at radius 2 is 1.93 bits per heavy atom. The Morgan fingerprint density at radius 3 is 2.64 bits per heavy atom. The van der Waals surface area contributed by atoms with Crippen molar-refractivity contribution in [2.75, 3.05) is 12.3 Å². The highest BCUT2D eigenvalue weighted by Gasteiger charge is 2.13. The van der Waals surface area contributed by atoms with E-state index in [-0.39, 0.29) is 11.7 Å². The molecule has 5 nitrogen and oxygen atoms in total. The van der Waals surface area contributed by atoms with Gasteiger partial charge in [0.15, 0.2) is 10.9 Å². The number of hydrogen-bond donors (Lipinski definition) is 1. The monoisotopic (exact) mass is 413 g/mol. The number of aryl methyl sites for hydroxylation is 2. The van der Waals surface area contributed by atoms with Crippen LogP contribution < -0.4 is 5.32 Å². The molecule has 1 amide bonds. The number of imidazole rings is 1. The smallest absolute Gasteiger partial charge is 0.216 e. The third kappa shape index (κ3) is 5.33. The Morgan fingerprint density at radius 1 is 1.18 bits per heavy atom. The van der Waals surface area contributed by atoms with Crippen LogP contribution in [0.4, 0.5) is 0 Å². The Balaban J connectivity index is 1.62. The first kappa shape index (κ1) is 20.4. The van der Waals surface area contributed by atoms with Gasteiger partial charge in [-0.25, -0.2) is 4.98 Å². The van der Waals surface area contributed by atoms with Crippen molar-refractivity contribution < 1.29 is 9.59 Å². The number of carbonyl (C=O) groups is 2. The summed E-state index contributed by atoms with van der Waals surface area (Å²) < 4.78 is 2.02. The molecular formula is C21H23N3O2S2. The average molecular weight is 414 g/mol. The lowest BCUT2D eigenvalue weighted by molar-refractivity contribution is -0.118. The molecule has 0 fully saturated rings. The fraction of sp³-hybridized carbons (Fsp3) is 0.286. The Kier molecular flexibility index (Phi) is 6.70. The number of thioether (sulfide) groups is 1. The summed E-state index contributed by atoms with van der Waals surface area (Å²) in [5.41, 5.74) is 3.45. The minimum atomic E-state index is -0.0384. The molecule has 0 radical (unpaired) electrons. The maximum Gasteiger partial charge on any atom is 0.216 e. The molecule has 0 aliphatic rings. The number of benzene rings is 1. The van der Waals surface area contributed by atoms with Crippen LogP contribution in [0.5, 0.6) is 0 Å². The van der Waals surface area contributed by atoms with E-state index in [0.717, 1.165) is 27.0 Å². The first-order chi connectivity index (χ1) is 13.4. The molecule has 0 atom stereocenters. The van der Waals surface area contributed by atoms with E-state index in [4.69, 9.17) is 0 Å². The highest BCUT2D eigenvalue weighted by atomic mass is 32.2. The number of thiophene rings is 1. The summed E-state index contributed by atoms with van der Waals surface area (Å²) in [6, 6.07) is 10.2. The van der Waals surface area contributed by atoms with Crippen molar-refractivity contribution in [3.8, 4) is 5.69 Å². The number of amides is 1. The lowest BCUT2D eigenvalue weighted by Crippen LogP contribution is -2.22. The van der Waals surface area contributed by atoms with Gasteiger partial charge in [0.25, 0.3) is 0 Å². The van der Waals surface area contributed by atoms with Gasteiger partial charge >= 0.3 is 0 Å². The highest BCUT2D eigenvalue weighted by molar-refractivity contribution is 7.99. The second-order valence-electron chi connectivity index (χ2n) is 6.64. The van der Waals surface area contributed by atoms with Crippen LogP contribution in [-0.2, 0) is 11.2 Å². The van der Waals surface area contributed by atoms with Crippen molar-refractivity contribution >= 4 is 34.8 Å². The number of aromatic nitrogens is 2. The molecule has 0 aliphatic carbocycles. The summed E-state index contributed by atoms with van der Waals surface area (Å²) in [5.74, 6) is 0.396. The van der Waals surface area contributed by atoms with Crippen LogP contribution in [0.1, 0.15) is 32.6 Å². The SMILES string of the molecule is CC(=O)NCCc1ccc(C(=O)CSc2nccn2-c2cc(C)cc(C)c2)s1. The highest BCUT2D eigenvalue weighted by Crippen LogP contribution is 2.25. The summed E-state index contributed by atoms with van der Waals surface area (Å²) in [7, 11) is 0. The van der Waals surface area contributed by atoms with Crippen LogP contribution >= 0.6 is 23.1 Å². The molecule has 0 saturated carbocycles. The summed E-state index contributed by atoms with van der Waals surface area (Å²) in [4.78, 5) is 29.8. The van der Waals surface area contributed by atoms with Gasteiger partial charge in [-0.1, -0.05) is 17.8 Å². The predicted molar refractivity (Wildman–Crippen MR) is 115 cm³/mol.